The number of halogens is 1. The Balaban J connectivity index is 0.000000565. The van der Waals surface area contributed by atoms with Crippen LogP contribution in [0, 0.1) is 0 Å². The van der Waals surface area contributed by atoms with Crippen LogP contribution < -0.4 is 10.5 Å². The first-order valence-corrected chi connectivity index (χ1v) is 11.4. The molecule has 0 aliphatic carbocycles. The fraction of sp³-hybridized carbons (Fsp3) is 0.304. The van der Waals surface area contributed by atoms with Gasteiger partial charge >= 0.3 is 0 Å². The smallest absolute Gasteiger partial charge is 0.123 e. The maximum atomic E-state index is 8.00. The monoisotopic (exact) mass is 508 g/mol. The van der Waals surface area contributed by atoms with Crippen molar-refractivity contribution in [3.05, 3.63) is 53.1 Å². The lowest BCUT2D eigenvalue weighted by Crippen LogP contribution is -2.26. The summed E-state index contributed by atoms with van der Waals surface area (Å²) in [4.78, 5) is 14.6. The SMILES string of the molecule is C=O.CC(C)(C)N.CC(C)Oc1ccc(-c2ncc(-c3ccc(Br)cc3S)s2)cc1. The summed E-state index contributed by atoms with van der Waals surface area (Å²) in [7, 11) is 0. The van der Waals surface area contributed by atoms with Gasteiger partial charge in [-0.2, -0.15) is 0 Å². The number of carbonyl (C=O) groups is 1. The Bertz CT molecular complexity index is 914. The van der Waals surface area contributed by atoms with Crippen LogP contribution in [0.2, 0.25) is 0 Å². The molecule has 0 saturated carbocycles. The summed E-state index contributed by atoms with van der Waals surface area (Å²) < 4.78 is 6.70. The molecule has 0 saturated heterocycles. The molecule has 0 unspecified atom stereocenters. The van der Waals surface area contributed by atoms with E-state index in [1.54, 1.807) is 11.3 Å². The highest BCUT2D eigenvalue weighted by Gasteiger charge is 2.10. The maximum absolute atomic E-state index is 8.00. The zero-order chi connectivity index (χ0) is 22.9. The molecule has 1 aromatic heterocycles. The van der Waals surface area contributed by atoms with Crippen LogP contribution in [-0.2, 0) is 4.79 Å². The minimum atomic E-state index is 0. The Kier molecular flexibility index (Phi) is 10.8. The van der Waals surface area contributed by atoms with E-state index in [-0.39, 0.29) is 11.6 Å². The second kappa shape index (κ2) is 12.2. The first kappa shape index (κ1) is 26.4. The average Bonchev–Trinajstić information content (AvgIpc) is 3.12. The third-order valence-corrected chi connectivity index (χ3v) is 5.15. The molecule has 0 aliphatic heterocycles. The summed E-state index contributed by atoms with van der Waals surface area (Å²) in [5, 5.41) is 0.992. The fourth-order valence-electron chi connectivity index (χ4n) is 2.19. The number of hydrogen-bond acceptors (Lipinski definition) is 6. The van der Waals surface area contributed by atoms with Crippen molar-refractivity contribution >= 4 is 46.7 Å². The van der Waals surface area contributed by atoms with E-state index in [1.165, 1.54) is 0 Å². The van der Waals surface area contributed by atoms with Crippen LogP contribution in [0.25, 0.3) is 21.0 Å². The van der Waals surface area contributed by atoms with Crippen molar-refractivity contribution in [2.24, 2.45) is 5.73 Å². The van der Waals surface area contributed by atoms with E-state index in [1.807, 2.05) is 84.0 Å². The van der Waals surface area contributed by atoms with Gasteiger partial charge in [-0.25, -0.2) is 4.98 Å². The number of nitrogens with two attached hydrogens (primary N) is 1. The van der Waals surface area contributed by atoms with Gasteiger partial charge in [-0.3, -0.25) is 0 Å². The summed E-state index contributed by atoms with van der Waals surface area (Å²) in [5.74, 6) is 0.881. The van der Waals surface area contributed by atoms with Crippen LogP contribution in [0.1, 0.15) is 34.6 Å². The zero-order valence-electron chi connectivity index (χ0n) is 18.0. The van der Waals surface area contributed by atoms with Crippen molar-refractivity contribution in [1.82, 2.24) is 4.98 Å². The molecule has 3 rings (SSSR count). The van der Waals surface area contributed by atoms with Crippen LogP contribution in [0.5, 0.6) is 5.75 Å². The highest BCUT2D eigenvalue weighted by atomic mass is 79.9. The maximum Gasteiger partial charge on any atom is 0.123 e. The summed E-state index contributed by atoms with van der Waals surface area (Å²) in [6, 6.07) is 14.1. The number of nitrogens with zero attached hydrogens (tertiary/aromatic N) is 1. The molecule has 162 valence electrons. The summed E-state index contributed by atoms with van der Waals surface area (Å²) in [5.41, 5.74) is 7.54. The molecule has 30 heavy (non-hydrogen) atoms. The Morgan fingerprint density at radius 3 is 2.20 bits per heavy atom. The number of aromatic nitrogens is 1. The lowest BCUT2D eigenvalue weighted by Gasteiger charge is -2.09. The molecule has 1 heterocycles. The van der Waals surface area contributed by atoms with Crippen molar-refractivity contribution in [2.75, 3.05) is 0 Å². The molecule has 0 atom stereocenters. The van der Waals surface area contributed by atoms with E-state index >= 15 is 0 Å². The largest absolute Gasteiger partial charge is 0.491 e. The van der Waals surface area contributed by atoms with Crippen molar-refractivity contribution in [3.8, 4) is 26.8 Å². The van der Waals surface area contributed by atoms with Gasteiger partial charge in [-0.15, -0.1) is 24.0 Å². The number of ether oxygens (including phenoxy) is 1. The van der Waals surface area contributed by atoms with Gasteiger partial charge in [0.1, 0.15) is 17.5 Å². The molecule has 0 radical (unpaired) electrons. The molecule has 4 nitrogen and oxygen atoms in total. The van der Waals surface area contributed by atoms with Gasteiger partial charge in [0.05, 0.1) is 11.0 Å². The van der Waals surface area contributed by atoms with Gasteiger partial charge in [0, 0.05) is 32.2 Å². The summed E-state index contributed by atoms with van der Waals surface area (Å²) >= 11 is 9.68. The molecule has 0 bridgehead atoms. The van der Waals surface area contributed by atoms with Crippen LogP contribution in [0.15, 0.2) is 58.0 Å². The average molecular weight is 510 g/mol. The highest BCUT2D eigenvalue weighted by Crippen LogP contribution is 2.36. The first-order valence-electron chi connectivity index (χ1n) is 9.32. The Hall–Kier alpha value is -1.67. The molecular weight excluding hydrogens is 480 g/mol. The summed E-state index contributed by atoms with van der Waals surface area (Å²) in [6.07, 6.45) is 2.08. The molecule has 0 amide bonds. The van der Waals surface area contributed by atoms with Crippen molar-refractivity contribution in [1.29, 1.82) is 0 Å². The normalized spacial score (nSPS) is 10.6. The Morgan fingerprint density at radius 2 is 1.70 bits per heavy atom. The number of thiazole rings is 1. The van der Waals surface area contributed by atoms with E-state index in [2.05, 4.69) is 39.6 Å². The molecule has 2 aromatic carbocycles. The predicted molar refractivity (Wildman–Crippen MR) is 135 cm³/mol. The number of carbonyl (C=O) groups excluding carboxylic acids is 1. The molecule has 0 aliphatic rings. The van der Waals surface area contributed by atoms with Gasteiger partial charge in [-0.05, 0) is 71.0 Å². The molecular formula is C23H29BrN2O2S2. The minimum absolute atomic E-state index is 0. The van der Waals surface area contributed by atoms with Gasteiger partial charge < -0.3 is 15.3 Å². The number of hydrogen-bond donors (Lipinski definition) is 2. The van der Waals surface area contributed by atoms with Crippen LogP contribution in [0.4, 0.5) is 0 Å². The number of rotatable bonds is 4. The minimum Gasteiger partial charge on any atom is -0.491 e. The molecule has 0 spiro atoms. The third-order valence-electron chi connectivity index (χ3n) is 3.20. The van der Waals surface area contributed by atoms with Gasteiger partial charge in [0.2, 0.25) is 0 Å². The topological polar surface area (TPSA) is 65.2 Å². The van der Waals surface area contributed by atoms with E-state index in [0.29, 0.717) is 0 Å². The number of benzene rings is 2. The molecule has 3 aromatic rings. The van der Waals surface area contributed by atoms with Crippen LogP contribution in [0.3, 0.4) is 0 Å². The second-order valence-electron chi connectivity index (χ2n) is 7.75. The summed E-state index contributed by atoms with van der Waals surface area (Å²) in [6.45, 7) is 11.9. The second-order valence-corrected chi connectivity index (χ2v) is 10.2. The van der Waals surface area contributed by atoms with E-state index in [0.717, 1.165) is 36.1 Å². The molecule has 0 fully saturated rings. The standard InChI is InChI=1S/C18H16BrNOS2.C4H11N.CH2O/c1-11(2)21-14-6-3-12(4-7-14)18-20-10-17(23-18)15-8-5-13(19)9-16(15)22;1-4(2,3)5;1-2/h3-11,22H,1-2H3;5H2,1-3H3;1H2. The predicted octanol–water partition coefficient (Wildman–Crippen LogP) is 6.87. The van der Waals surface area contributed by atoms with Crippen LogP contribution >= 0.6 is 39.9 Å². The van der Waals surface area contributed by atoms with Gasteiger partial charge in [-0.1, -0.05) is 22.0 Å². The quantitative estimate of drug-likeness (QED) is 0.377. The lowest BCUT2D eigenvalue weighted by atomic mass is 10.1. The molecule has 2 N–H and O–H groups in total. The van der Waals surface area contributed by atoms with Crippen molar-refractivity contribution < 1.29 is 9.53 Å². The van der Waals surface area contributed by atoms with Crippen molar-refractivity contribution in [2.45, 2.75) is 51.2 Å². The van der Waals surface area contributed by atoms with Gasteiger partial charge in [0.15, 0.2) is 0 Å². The van der Waals surface area contributed by atoms with E-state index in [4.69, 9.17) is 15.3 Å². The van der Waals surface area contributed by atoms with Crippen molar-refractivity contribution in [3.63, 3.8) is 0 Å². The first-order chi connectivity index (χ1) is 14.0. The van der Waals surface area contributed by atoms with Crippen LogP contribution in [-0.4, -0.2) is 23.4 Å². The number of thiol groups is 1. The Labute approximate surface area is 197 Å². The molecule has 7 heteroatoms. The fourth-order valence-corrected chi connectivity index (χ4v) is 4.10. The highest BCUT2D eigenvalue weighted by molar-refractivity contribution is 9.10. The van der Waals surface area contributed by atoms with E-state index in [9.17, 15) is 0 Å². The third kappa shape index (κ3) is 9.43. The Morgan fingerprint density at radius 1 is 1.13 bits per heavy atom. The van der Waals surface area contributed by atoms with E-state index < -0.39 is 0 Å². The zero-order valence-corrected chi connectivity index (χ0v) is 21.3. The van der Waals surface area contributed by atoms with Gasteiger partial charge in [0.25, 0.3) is 0 Å². The lowest BCUT2D eigenvalue weighted by molar-refractivity contribution is -0.0979.